The second-order valence-corrected chi connectivity index (χ2v) is 4.83. The molecule has 0 aliphatic heterocycles. The first-order valence-electron chi connectivity index (χ1n) is 6.50. The molecule has 0 aliphatic carbocycles. The summed E-state index contributed by atoms with van der Waals surface area (Å²) in [6.45, 7) is 3.67. The molecule has 1 N–H and O–H groups in total. The van der Waals surface area contributed by atoms with E-state index in [1.54, 1.807) is 13.2 Å². The summed E-state index contributed by atoms with van der Waals surface area (Å²) in [7, 11) is 0. The number of fused-ring (bicyclic) bond motifs is 1. The van der Waals surface area contributed by atoms with Gasteiger partial charge in [-0.1, -0.05) is 36.4 Å². The highest BCUT2D eigenvalue weighted by molar-refractivity contribution is 6.10. The van der Waals surface area contributed by atoms with Crippen molar-refractivity contribution in [1.29, 1.82) is 0 Å². The Morgan fingerprint density at radius 1 is 1.05 bits per heavy atom. The average molecular weight is 265 g/mol. The van der Waals surface area contributed by atoms with Crippen molar-refractivity contribution in [3.63, 3.8) is 0 Å². The molecule has 0 bridgehead atoms. The number of carbonyl (C=O) groups excluding carboxylic acids is 1. The van der Waals surface area contributed by atoms with E-state index in [1.165, 1.54) is 0 Å². The van der Waals surface area contributed by atoms with Crippen molar-refractivity contribution in [2.24, 2.45) is 0 Å². The summed E-state index contributed by atoms with van der Waals surface area (Å²) in [5.41, 5.74) is 2.27. The average Bonchev–Trinajstić information content (AvgIpc) is 2.78. The van der Waals surface area contributed by atoms with Crippen LogP contribution in [0, 0.1) is 13.8 Å². The number of aryl methyl sites for hydroxylation is 2. The van der Waals surface area contributed by atoms with E-state index in [9.17, 15) is 4.79 Å². The van der Waals surface area contributed by atoms with Crippen molar-refractivity contribution < 1.29 is 9.21 Å². The first-order chi connectivity index (χ1) is 9.66. The van der Waals surface area contributed by atoms with Gasteiger partial charge in [-0.2, -0.15) is 0 Å². The quantitative estimate of drug-likeness (QED) is 0.750. The highest BCUT2D eigenvalue weighted by atomic mass is 16.3. The SMILES string of the molecule is Cc1coc(C)c1C(=O)Nc1cccc2ccccc12. The lowest BCUT2D eigenvalue weighted by molar-refractivity contribution is 0.102. The van der Waals surface area contributed by atoms with E-state index in [0.29, 0.717) is 11.3 Å². The van der Waals surface area contributed by atoms with Gasteiger partial charge in [-0.3, -0.25) is 4.79 Å². The van der Waals surface area contributed by atoms with Crippen molar-refractivity contribution in [3.05, 3.63) is 65.6 Å². The number of hydrogen-bond acceptors (Lipinski definition) is 2. The molecule has 2 aromatic carbocycles. The molecular formula is C17H15NO2. The summed E-state index contributed by atoms with van der Waals surface area (Å²) in [6, 6.07) is 13.8. The molecule has 0 saturated carbocycles. The zero-order valence-corrected chi connectivity index (χ0v) is 11.4. The lowest BCUT2D eigenvalue weighted by atomic mass is 10.1. The molecule has 0 fully saturated rings. The molecule has 0 aliphatic rings. The predicted octanol–water partition coefficient (Wildman–Crippen LogP) is 4.30. The van der Waals surface area contributed by atoms with Crippen LogP contribution in [0.3, 0.4) is 0 Å². The molecule has 1 amide bonds. The maximum atomic E-state index is 12.4. The van der Waals surface area contributed by atoms with Crippen LogP contribution in [0.4, 0.5) is 5.69 Å². The van der Waals surface area contributed by atoms with Crippen LogP contribution in [-0.2, 0) is 0 Å². The summed E-state index contributed by atoms with van der Waals surface area (Å²) in [5.74, 6) is 0.505. The van der Waals surface area contributed by atoms with Crippen LogP contribution >= 0.6 is 0 Å². The zero-order valence-electron chi connectivity index (χ0n) is 11.4. The number of nitrogens with one attached hydrogen (secondary N) is 1. The normalized spacial score (nSPS) is 10.7. The molecule has 3 aromatic rings. The number of furan rings is 1. The number of amides is 1. The summed E-state index contributed by atoms with van der Waals surface area (Å²) in [5, 5.41) is 5.10. The molecule has 1 heterocycles. The number of benzene rings is 2. The Morgan fingerprint density at radius 2 is 1.80 bits per heavy atom. The van der Waals surface area contributed by atoms with E-state index in [1.807, 2.05) is 49.4 Å². The largest absolute Gasteiger partial charge is 0.469 e. The Morgan fingerprint density at radius 3 is 2.55 bits per heavy atom. The van der Waals surface area contributed by atoms with Crippen molar-refractivity contribution in [2.75, 3.05) is 5.32 Å². The van der Waals surface area contributed by atoms with Crippen LogP contribution in [-0.4, -0.2) is 5.91 Å². The summed E-state index contributed by atoms with van der Waals surface area (Å²) in [4.78, 5) is 12.4. The Hall–Kier alpha value is -2.55. The molecule has 3 rings (SSSR count). The van der Waals surface area contributed by atoms with Crippen molar-refractivity contribution in [1.82, 2.24) is 0 Å². The molecule has 3 heteroatoms. The lowest BCUT2D eigenvalue weighted by Gasteiger charge is -2.08. The number of rotatable bonds is 2. The van der Waals surface area contributed by atoms with Crippen LogP contribution in [0.15, 0.2) is 53.1 Å². The van der Waals surface area contributed by atoms with Crippen LogP contribution in [0.2, 0.25) is 0 Å². The molecular weight excluding hydrogens is 250 g/mol. The van der Waals surface area contributed by atoms with E-state index in [4.69, 9.17) is 4.42 Å². The fourth-order valence-corrected chi connectivity index (χ4v) is 2.43. The third-order valence-electron chi connectivity index (χ3n) is 3.42. The minimum atomic E-state index is -0.134. The topological polar surface area (TPSA) is 42.2 Å². The van der Waals surface area contributed by atoms with Crippen LogP contribution in [0.1, 0.15) is 21.7 Å². The smallest absolute Gasteiger partial charge is 0.259 e. The third-order valence-corrected chi connectivity index (χ3v) is 3.42. The zero-order chi connectivity index (χ0) is 14.1. The van der Waals surface area contributed by atoms with Gasteiger partial charge in [0.25, 0.3) is 5.91 Å². The minimum Gasteiger partial charge on any atom is -0.469 e. The number of anilines is 1. The molecule has 0 atom stereocenters. The first kappa shape index (κ1) is 12.5. The van der Waals surface area contributed by atoms with Gasteiger partial charge in [0.1, 0.15) is 5.76 Å². The Bertz CT molecular complexity index is 762. The van der Waals surface area contributed by atoms with E-state index in [0.717, 1.165) is 22.0 Å². The molecule has 3 nitrogen and oxygen atoms in total. The molecule has 1 aromatic heterocycles. The monoisotopic (exact) mass is 265 g/mol. The van der Waals surface area contributed by atoms with Gasteiger partial charge in [0.2, 0.25) is 0 Å². The molecule has 0 saturated heterocycles. The predicted molar refractivity (Wildman–Crippen MR) is 80.1 cm³/mol. The van der Waals surface area contributed by atoms with Gasteiger partial charge in [0, 0.05) is 16.6 Å². The van der Waals surface area contributed by atoms with Crippen molar-refractivity contribution in [3.8, 4) is 0 Å². The highest BCUT2D eigenvalue weighted by Crippen LogP contribution is 2.24. The third kappa shape index (κ3) is 2.07. The lowest BCUT2D eigenvalue weighted by Crippen LogP contribution is -2.13. The highest BCUT2D eigenvalue weighted by Gasteiger charge is 2.16. The maximum Gasteiger partial charge on any atom is 0.259 e. The first-order valence-corrected chi connectivity index (χ1v) is 6.50. The van der Waals surface area contributed by atoms with E-state index >= 15 is 0 Å². The molecule has 0 radical (unpaired) electrons. The summed E-state index contributed by atoms with van der Waals surface area (Å²) < 4.78 is 5.28. The van der Waals surface area contributed by atoms with E-state index in [-0.39, 0.29) is 5.91 Å². The van der Waals surface area contributed by atoms with E-state index in [2.05, 4.69) is 5.32 Å². The molecule has 100 valence electrons. The van der Waals surface area contributed by atoms with Gasteiger partial charge in [-0.05, 0) is 25.3 Å². The van der Waals surface area contributed by atoms with Gasteiger partial charge < -0.3 is 9.73 Å². The second kappa shape index (κ2) is 4.85. The van der Waals surface area contributed by atoms with Gasteiger partial charge in [-0.25, -0.2) is 0 Å². The number of carbonyl (C=O) groups is 1. The van der Waals surface area contributed by atoms with Gasteiger partial charge in [0.05, 0.1) is 11.8 Å². The van der Waals surface area contributed by atoms with Crippen molar-refractivity contribution in [2.45, 2.75) is 13.8 Å². The Kier molecular flexibility index (Phi) is 3.03. The Balaban J connectivity index is 2.00. The van der Waals surface area contributed by atoms with Crippen LogP contribution in [0.25, 0.3) is 10.8 Å². The van der Waals surface area contributed by atoms with Gasteiger partial charge in [-0.15, -0.1) is 0 Å². The van der Waals surface area contributed by atoms with Gasteiger partial charge >= 0.3 is 0 Å². The molecule has 0 unspecified atom stereocenters. The second-order valence-electron chi connectivity index (χ2n) is 4.83. The molecule has 0 spiro atoms. The minimum absolute atomic E-state index is 0.134. The van der Waals surface area contributed by atoms with Crippen LogP contribution < -0.4 is 5.32 Å². The fraction of sp³-hybridized carbons (Fsp3) is 0.118. The summed E-state index contributed by atoms with van der Waals surface area (Å²) >= 11 is 0. The summed E-state index contributed by atoms with van der Waals surface area (Å²) in [6.07, 6.45) is 1.60. The Labute approximate surface area is 117 Å². The van der Waals surface area contributed by atoms with Crippen molar-refractivity contribution >= 4 is 22.4 Å². The molecule has 20 heavy (non-hydrogen) atoms. The van der Waals surface area contributed by atoms with E-state index < -0.39 is 0 Å². The fourth-order valence-electron chi connectivity index (χ4n) is 2.43. The standard InChI is InChI=1S/C17H15NO2/c1-11-10-20-12(2)16(11)17(19)18-15-9-5-7-13-6-3-4-8-14(13)15/h3-10H,1-2H3,(H,18,19). The maximum absolute atomic E-state index is 12.4. The van der Waals surface area contributed by atoms with Crippen LogP contribution in [0.5, 0.6) is 0 Å². The number of hydrogen-bond donors (Lipinski definition) is 1. The van der Waals surface area contributed by atoms with Gasteiger partial charge in [0.15, 0.2) is 0 Å².